The van der Waals surface area contributed by atoms with Gasteiger partial charge >= 0.3 is 0 Å². The Bertz CT molecular complexity index is 768. The maximum atomic E-state index is 12.9. The molecule has 3 aliphatic rings. The summed E-state index contributed by atoms with van der Waals surface area (Å²) in [7, 11) is -3.14. The van der Waals surface area contributed by atoms with Crippen molar-refractivity contribution >= 4 is 15.9 Å². The number of benzene rings is 1. The number of carbonyl (C=O) groups is 1. The average Bonchev–Trinajstić information content (AvgIpc) is 3.23. The van der Waals surface area contributed by atoms with Crippen molar-refractivity contribution in [2.75, 3.05) is 31.9 Å². The van der Waals surface area contributed by atoms with Crippen LogP contribution in [0.1, 0.15) is 30.9 Å². The number of sulfonamides is 1. The summed E-state index contributed by atoms with van der Waals surface area (Å²) in [6.45, 7) is 3.56. The first-order valence-corrected chi connectivity index (χ1v) is 10.4. The number of carbonyl (C=O) groups excluding carboxylic acids is 1. The van der Waals surface area contributed by atoms with E-state index in [-0.39, 0.29) is 23.0 Å². The van der Waals surface area contributed by atoms with Crippen molar-refractivity contribution in [2.45, 2.75) is 31.6 Å². The highest BCUT2D eigenvalue weighted by molar-refractivity contribution is 7.89. The van der Waals surface area contributed by atoms with Gasteiger partial charge in [0, 0.05) is 37.5 Å². The van der Waals surface area contributed by atoms with Crippen LogP contribution in [0, 0.1) is 5.92 Å². The lowest BCUT2D eigenvalue weighted by Gasteiger charge is -2.34. The second-order valence-electron chi connectivity index (χ2n) is 7.19. The summed E-state index contributed by atoms with van der Waals surface area (Å²) in [5.74, 6) is 0.444. The second-order valence-corrected chi connectivity index (χ2v) is 9.45. The normalized spacial score (nSPS) is 29.7. The summed E-state index contributed by atoms with van der Waals surface area (Å²) < 4.78 is 25.4. The number of hydrogen-bond acceptors (Lipinski definition) is 3. The predicted molar refractivity (Wildman–Crippen MR) is 92.2 cm³/mol. The van der Waals surface area contributed by atoms with Crippen LogP contribution in [0.5, 0.6) is 0 Å². The van der Waals surface area contributed by atoms with E-state index in [1.165, 1.54) is 15.4 Å². The van der Waals surface area contributed by atoms with E-state index in [1.807, 2.05) is 4.90 Å². The maximum Gasteiger partial charge on any atom is 0.226 e. The van der Waals surface area contributed by atoms with E-state index in [2.05, 4.69) is 24.3 Å². The van der Waals surface area contributed by atoms with Crippen molar-refractivity contribution in [1.82, 2.24) is 9.21 Å². The fourth-order valence-corrected chi connectivity index (χ4v) is 5.59. The van der Waals surface area contributed by atoms with Crippen LogP contribution in [-0.2, 0) is 26.7 Å². The molecule has 6 heteroatoms. The Morgan fingerprint density at radius 1 is 1.21 bits per heavy atom. The van der Waals surface area contributed by atoms with Crippen LogP contribution in [0.3, 0.4) is 0 Å². The number of amides is 1. The van der Waals surface area contributed by atoms with Crippen molar-refractivity contribution in [3.8, 4) is 0 Å². The molecule has 4 rings (SSSR count). The molecule has 1 amide bonds. The van der Waals surface area contributed by atoms with Gasteiger partial charge in [0.15, 0.2) is 0 Å². The Morgan fingerprint density at radius 2 is 1.92 bits per heavy atom. The molecule has 1 aromatic carbocycles. The number of nitrogens with zero attached hydrogens (tertiary/aromatic N) is 2. The minimum Gasteiger partial charge on any atom is -0.340 e. The molecule has 2 aliphatic carbocycles. The van der Waals surface area contributed by atoms with Gasteiger partial charge in [-0.15, -0.1) is 0 Å². The molecule has 1 saturated carbocycles. The summed E-state index contributed by atoms with van der Waals surface area (Å²) in [6.07, 6.45) is 3.10. The van der Waals surface area contributed by atoms with Crippen molar-refractivity contribution in [3.63, 3.8) is 0 Å². The highest BCUT2D eigenvalue weighted by atomic mass is 32.2. The lowest BCUT2D eigenvalue weighted by atomic mass is 9.95. The molecule has 0 aromatic heterocycles. The van der Waals surface area contributed by atoms with Gasteiger partial charge in [-0.3, -0.25) is 4.79 Å². The van der Waals surface area contributed by atoms with Crippen LogP contribution in [0.15, 0.2) is 24.3 Å². The molecule has 0 bridgehead atoms. The van der Waals surface area contributed by atoms with Gasteiger partial charge in [0.1, 0.15) is 0 Å². The minimum atomic E-state index is -3.14. The number of fused-ring (bicyclic) bond motifs is 2. The molecule has 24 heavy (non-hydrogen) atoms. The number of piperazine rings is 1. The van der Waals surface area contributed by atoms with Crippen LogP contribution in [0.25, 0.3) is 0 Å². The molecule has 0 radical (unpaired) electrons. The van der Waals surface area contributed by atoms with Gasteiger partial charge in [0.25, 0.3) is 0 Å². The molecule has 130 valence electrons. The van der Waals surface area contributed by atoms with Crippen molar-refractivity contribution in [3.05, 3.63) is 35.4 Å². The van der Waals surface area contributed by atoms with E-state index in [0.717, 1.165) is 19.3 Å². The summed E-state index contributed by atoms with van der Waals surface area (Å²) in [6, 6.07) is 8.50. The summed E-state index contributed by atoms with van der Waals surface area (Å²) >= 11 is 0. The third-order valence-corrected chi connectivity index (χ3v) is 7.96. The molecule has 5 nitrogen and oxygen atoms in total. The molecule has 1 spiro atoms. The first-order valence-electron chi connectivity index (χ1n) is 8.83. The molecule has 1 heterocycles. The fraction of sp³-hybridized carbons (Fsp3) is 0.611. The maximum absolute atomic E-state index is 12.9. The molecule has 2 fully saturated rings. The minimum absolute atomic E-state index is 0.0697. The van der Waals surface area contributed by atoms with Crippen LogP contribution in [-0.4, -0.2) is 55.5 Å². The molecular weight excluding hydrogens is 324 g/mol. The van der Waals surface area contributed by atoms with Gasteiger partial charge in [-0.2, -0.15) is 4.31 Å². The third-order valence-electron chi connectivity index (χ3n) is 6.08. The topological polar surface area (TPSA) is 57.7 Å². The number of hydrogen-bond donors (Lipinski definition) is 0. The first-order chi connectivity index (χ1) is 11.5. The van der Waals surface area contributed by atoms with E-state index in [4.69, 9.17) is 0 Å². The molecular formula is C18H24N2O3S. The van der Waals surface area contributed by atoms with Crippen molar-refractivity contribution in [2.24, 2.45) is 5.92 Å². The molecule has 0 N–H and O–H groups in total. The zero-order chi connectivity index (χ0) is 16.9. The highest BCUT2D eigenvalue weighted by Crippen LogP contribution is 2.61. The first kappa shape index (κ1) is 16.1. The van der Waals surface area contributed by atoms with E-state index < -0.39 is 10.0 Å². The van der Waals surface area contributed by atoms with Crippen molar-refractivity contribution < 1.29 is 13.2 Å². The molecule has 1 aromatic rings. The SMILES string of the molecule is CCS(=O)(=O)N1CCN(C(=O)[C@@H]2C[C@@]23CCc2ccccc23)CC1. The Morgan fingerprint density at radius 3 is 2.62 bits per heavy atom. The van der Waals surface area contributed by atoms with Gasteiger partial charge in [0.05, 0.1) is 5.75 Å². The van der Waals surface area contributed by atoms with Gasteiger partial charge in [-0.1, -0.05) is 24.3 Å². The van der Waals surface area contributed by atoms with Crippen LogP contribution in [0.2, 0.25) is 0 Å². The molecule has 2 atom stereocenters. The van der Waals surface area contributed by atoms with E-state index >= 15 is 0 Å². The van der Waals surface area contributed by atoms with E-state index in [0.29, 0.717) is 26.2 Å². The van der Waals surface area contributed by atoms with Crippen LogP contribution >= 0.6 is 0 Å². The Balaban J connectivity index is 1.43. The summed E-state index contributed by atoms with van der Waals surface area (Å²) in [5, 5.41) is 0. The smallest absolute Gasteiger partial charge is 0.226 e. The van der Waals surface area contributed by atoms with Crippen molar-refractivity contribution in [1.29, 1.82) is 0 Å². The Kier molecular flexibility index (Phi) is 3.73. The second kappa shape index (κ2) is 5.56. The Labute approximate surface area is 143 Å². The largest absolute Gasteiger partial charge is 0.340 e. The summed E-state index contributed by atoms with van der Waals surface area (Å²) in [4.78, 5) is 14.8. The standard InChI is InChI=1S/C18H24N2O3S/c1-2-24(22,23)20-11-9-19(10-12-20)17(21)16-13-18(16)8-7-14-5-3-4-6-15(14)18/h3-6,16H,2,7-13H2,1H3/t16-,18+/m0/s1. The summed E-state index contributed by atoms with van der Waals surface area (Å²) in [5.41, 5.74) is 2.84. The van der Waals surface area contributed by atoms with Crippen LogP contribution < -0.4 is 0 Å². The molecule has 1 saturated heterocycles. The van der Waals surface area contributed by atoms with E-state index in [1.54, 1.807) is 6.92 Å². The number of aryl methyl sites for hydroxylation is 1. The van der Waals surface area contributed by atoms with Crippen LogP contribution in [0.4, 0.5) is 0 Å². The third kappa shape index (κ3) is 2.39. The lowest BCUT2D eigenvalue weighted by molar-refractivity contribution is -0.134. The zero-order valence-electron chi connectivity index (χ0n) is 14.1. The van der Waals surface area contributed by atoms with Gasteiger partial charge in [0.2, 0.25) is 15.9 Å². The predicted octanol–water partition coefficient (Wildman–Crippen LogP) is 1.38. The zero-order valence-corrected chi connectivity index (χ0v) is 14.9. The highest BCUT2D eigenvalue weighted by Gasteiger charge is 2.62. The van der Waals surface area contributed by atoms with Gasteiger partial charge in [-0.05, 0) is 37.3 Å². The molecule has 1 aliphatic heterocycles. The monoisotopic (exact) mass is 348 g/mol. The fourth-order valence-electron chi connectivity index (χ4n) is 4.51. The Hall–Kier alpha value is -1.40. The van der Waals surface area contributed by atoms with E-state index in [9.17, 15) is 13.2 Å². The molecule has 0 unspecified atom stereocenters. The van der Waals surface area contributed by atoms with Gasteiger partial charge in [-0.25, -0.2) is 8.42 Å². The van der Waals surface area contributed by atoms with Gasteiger partial charge < -0.3 is 4.90 Å². The number of rotatable bonds is 3. The lowest BCUT2D eigenvalue weighted by Crippen LogP contribution is -2.51. The quantitative estimate of drug-likeness (QED) is 0.829. The average molecular weight is 348 g/mol.